The Morgan fingerprint density at radius 1 is 1.45 bits per heavy atom. The number of hydrogen-bond acceptors (Lipinski definition) is 5. The van der Waals surface area contributed by atoms with Gasteiger partial charge in [-0.05, 0) is 32.4 Å². The first-order valence-electron chi connectivity index (χ1n) is 6.87. The minimum Gasteiger partial charge on any atom is -0.349 e. The van der Waals surface area contributed by atoms with Crippen LogP contribution in [-0.2, 0) is 14.6 Å². The van der Waals surface area contributed by atoms with Crippen LogP contribution in [-0.4, -0.2) is 63.0 Å². The number of sulfone groups is 1. The van der Waals surface area contributed by atoms with E-state index in [9.17, 15) is 13.2 Å². The molecule has 1 amide bonds. The number of carbonyl (C=O) groups is 1. The van der Waals surface area contributed by atoms with E-state index < -0.39 is 15.4 Å². The number of rotatable bonds is 6. The smallest absolute Gasteiger partial charge is 0.234 e. The average molecular weight is 305 g/mol. The van der Waals surface area contributed by atoms with E-state index >= 15 is 0 Å². The van der Waals surface area contributed by atoms with E-state index in [1.165, 1.54) is 0 Å². The molecule has 0 spiro atoms. The fourth-order valence-corrected chi connectivity index (χ4v) is 4.67. The Labute approximate surface area is 122 Å². The van der Waals surface area contributed by atoms with Gasteiger partial charge in [-0.25, -0.2) is 8.42 Å². The third kappa shape index (κ3) is 5.38. The molecular formula is C13H27N3O3S. The highest BCUT2D eigenvalue weighted by molar-refractivity contribution is 7.91. The molecule has 1 aliphatic heterocycles. The van der Waals surface area contributed by atoms with E-state index in [0.717, 1.165) is 0 Å². The van der Waals surface area contributed by atoms with E-state index in [0.29, 0.717) is 19.5 Å². The predicted octanol–water partition coefficient (Wildman–Crippen LogP) is -0.403. The van der Waals surface area contributed by atoms with Gasteiger partial charge < -0.3 is 11.1 Å². The molecule has 6 nitrogen and oxygen atoms in total. The van der Waals surface area contributed by atoms with E-state index in [1.54, 1.807) is 6.92 Å². The first kappa shape index (κ1) is 17.4. The van der Waals surface area contributed by atoms with Gasteiger partial charge in [0.1, 0.15) is 0 Å². The molecule has 0 bridgehead atoms. The fourth-order valence-electron chi connectivity index (χ4n) is 2.58. The Morgan fingerprint density at radius 2 is 2.05 bits per heavy atom. The fraction of sp³-hybridized carbons (Fsp3) is 0.923. The summed E-state index contributed by atoms with van der Waals surface area (Å²) in [5.41, 5.74) is 5.00. The molecule has 0 aliphatic carbocycles. The molecule has 1 fully saturated rings. The van der Waals surface area contributed by atoms with E-state index in [-0.39, 0.29) is 29.4 Å². The van der Waals surface area contributed by atoms with Gasteiger partial charge in [0.15, 0.2) is 9.84 Å². The number of nitrogens with two attached hydrogens (primary N) is 1. The maximum Gasteiger partial charge on any atom is 0.234 e. The zero-order valence-electron chi connectivity index (χ0n) is 12.9. The Balaban J connectivity index is 2.48. The molecule has 0 aromatic carbocycles. The Kier molecular flexibility index (Phi) is 5.21. The van der Waals surface area contributed by atoms with Crippen molar-refractivity contribution in [2.24, 2.45) is 11.1 Å². The van der Waals surface area contributed by atoms with Crippen molar-refractivity contribution in [3.63, 3.8) is 0 Å². The normalized spacial score (nSPS) is 25.9. The van der Waals surface area contributed by atoms with Crippen molar-refractivity contribution < 1.29 is 13.2 Å². The van der Waals surface area contributed by atoms with Gasteiger partial charge in [0.05, 0.1) is 23.6 Å². The molecule has 1 heterocycles. The maximum absolute atomic E-state index is 12.0. The molecular weight excluding hydrogens is 278 g/mol. The molecule has 0 aromatic heterocycles. The summed E-state index contributed by atoms with van der Waals surface area (Å²) in [6.07, 6.45) is 0.485. The SMILES string of the molecule is CN(CC(=O)NC1(C)CCS(=O)(=O)C1)CC(C)(C)CN. The van der Waals surface area contributed by atoms with Crippen LogP contribution in [0.3, 0.4) is 0 Å². The minimum atomic E-state index is -3.01. The van der Waals surface area contributed by atoms with Crippen molar-refractivity contribution in [3.05, 3.63) is 0 Å². The van der Waals surface area contributed by atoms with Crippen molar-refractivity contribution in [2.45, 2.75) is 32.7 Å². The van der Waals surface area contributed by atoms with Crippen molar-refractivity contribution in [3.8, 4) is 0 Å². The van der Waals surface area contributed by atoms with Gasteiger partial charge in [0.25, 0.3) is 0 Å². The quantitative estimate of drug-likeness (QED) is 0.696. The van der Waals surface area contributed by atoms with E-state index in [4.69, 9.17) is 5.73 Å². The number of nitrogens with zero attached hydrogens (tertiary/aromatic N) is 1. The maximum atomic E-state index is 12.0. The van der Waals surface area contributed by atoms with Crippen LogP contribution >= 0.6 is 0 Å². The molecule has 1 atom stereocenters. The summed E-state index contributed by atoms with van der Waals surface area (Å²) < 4.78 is 23.0. The molecule has 1 rings (SSSR count). The second-order valence-corrected chi connectivity index (χ2v) is 9.18. The molecule has 1 aliphatic rings. The van der Waals surface area contributed by atoms with Crippen molar-refractivity contribution >= 4 is 15.7 Å². The zero-order chi connectivity index (χ0) is 15.6. The summed E-state index contributed by atoms with van der Waals surface area (Å²) in [7, 11) is -1.14. The third-order valence-electron chi connectivity index (χ3n) is 3.61. The summed E-state index contributed by atoms with van der Waals surface area (Å²) in [5.74, 6) is 0.0451. The summed E-state index contributed by atoms with van der Waals surface area (Å²) >= 11 is 0. The molecule has 0 saturated carbocycles. The lowest BCUT2D eigenvalue weighted by atomic mass is 9.93. The molecule has 7 heteroatoms. The van der Waals surface area contributed by atoms with Gasteiger partial charge in [0.2, 0.25) is 5.91 Å². The highest BCUT2D eigenvalue weighted by atomic mass is 32.2. The van der Waals surface area contributed by atoms with Crippen molar-refractivity contribution in [2.75, 3.05) is 38.2 Å². The number of hydrogen-bond donors (Lipinski definition) is 2. The number of amides is 1. The van der Waals surface area contributed by atoms with Gasteiger partial charge in [-0.2, -0.15) is 0 Å². The van der Waals surface area contributed by atoms with E-state index in [2.05, 4.69) is 5.32 Å². The standard InChI is InChI=1S/C13H27N3O3S/c1-12(2,8-14)9-16(4)7-11(17)15-13(3)5-6-20(18,19)10-13/h5-10,14H2,1-4H3,(H,15,17). The van der Waals surface area contributed by atoms with Gasteiger partial charge in [-0.3, -0.25) is 9.69 Å². The van der Waals surface area contributed by atoms with Gasteiger partial charge in [-0.1, -0.05) is 13.8 Å². The zero-order valence-corrected chi connectivity index (χ0v) is 13.7. The lowest BCUT2D eigenvalue weighted by Crippen LogP contribution is -2.50. The predicted molar refractivity (Wildman–Crippen MR) is 80.2 cm³/mol. The monoisotopic (exact) mass is 305 g/mol. The van der Waals surface area contributed by atoms with Crippen molar-refractivity contribution in [1.29, 1.82) is 0 Å². The summed E-state index contributed by atoms with van der Waals surface area (Å²) in [5, 5.41) is 2.85. The molecule has 118 valence electrons. The van der Waals surface area contributed by atoms with Crippen LogP contribution in [0.15, 0.2) is 0 Å². The van der Waals surface area contributed by atoms with Crippen LogP contribution in [0.1, 0.15) is 27.2 Å². The van der Waals surface area contributed by atoms with Crippen molar-refractivity contribution in [1.82, 2.24) is 10.2 Å². The third-order valence-corrected chi connectivity index (χ3v) is 5.51. The molecule has 3 N–H and O–H groups in total. The highest BCUT2D eigenvalue weighted by Crippen LogP contribution is 2.22. The second kappa shape index (κ2) is 5.99. The summed E-state index contributed by atoms with van der Waals surface area (Å²) in [6.45, 7) is 7.40. The number of likely N-dealkylation sites (N-methyl/N-ethyl adjacent to an activating group) is 1. The van der Waals surface area contributed by atoms with Crippen LogP contribution in [0, 0.1) is 5.41 Å². The number of nitrogens with one attached hydrogen (secondary N) is 1. The molecule has 20 heavy (non-hydrogen) atoms. The van der Waals surface area contributed by atoms with E-state index in [1.807, 2.05) is 25.8 Å². The van der Waals surface area contributed by atoms with Crippen LogP contribution in [0.4, 0.5) is 0 Å². The first-order valence-corrected chi connectivity index (χ1v) is 8.69. The lowest BCUT2D eigenvalue weighted by molar-refractivity contribution is -0.123. The average Bonchev–Trinajstić information content (AvgIpc) is 2.51. The molecule has 1 saturated heterocycles. The van der Waals surface area contributed by atoms with Crippen LogP contribution in [0.25, 0.3) is 0 Å². The Bertz CT molecular complexity index is 461. The van der Waals surface area contributed by atoms with Crippen LogP contribution in [0.5, 0.6) is 0 Å². The topological polar surface area (TPSA) is 92.5 Å². The molecule has 0 aromatic rings. The number of carbonyl (C=O) groups excluding carboxylic acids is 1. The Hall–Kier alpha value is -0.660. The van der Waals surface area contributed by atoms with Gasteiger partial charge in [-0.15, -0.1) is 0 Å². The lowest BCUT2D eigenvalue weighted by Gasteiger charge is -2.30. The largest absolute Gasteiger partial charge is 0.349 e. The van der Waals surface area contributed by atoms with Crippen LogP contribution < -0.4 is 11.1 Å². The second-order valence-electron chi connectivity index (χ2n) is 6.99. The molecule has 0 radical (unpaired) electrons. The first-order chi connectivity index (χ1) is 8.97. The van der Waals surface area contributed by atoms with Gasteiger partial charge >= 0.3 is 0 Å². The molecule has 1 unspecified atom stereocenters. The highest BCUT2D eigenvalue weighted by Gasteiger charge is 2.39. The van der Waals surface area contributed by atoms with Crippen LogP contribution in [0.2, 0.25) is 0 Å². The minimum absolute atomic E-state index is 0.0315. The summed E-state index contributed by atoms with van der Waals surface area (Å²) in [4.78, 5) is 13.9. The van der Waals surface area contributed by atoms with Gasteiger partial charge in [0, 0.05) is 6.54 Å². The Morgan fingerprint density at radius 3 is 2.50 bits per heavy atom. The summed E-state index contributed by atoms with van der Waals surface area (Å²) in [6, 6.07) is 0.